The smallest absolute Gasteiger partial charge is 0.203 e. The van der Waals surface area contributed by atoms with Crippen LogP contribution in [0.15, 0.2) is 60.7 Å². The van der Waals surface area contributed by atoms with E-state index in [0.29, 0.717) is 17.2 Å². The molecule has 2 aliphatic heterocycles. The molecule has 0 saturated heterocycles. The predicted molar refractivity (Wildman–Crippen MR) is 131 cm³/mol. The molecule has 1 N–H and O–H groups in total. The van der Waals surface area contributed by atoms with Gasteiger partial charge in [-0.05, 0) is 66.2 Å². The Morgan fingerprint density at radius 2 is 1.40 bits per heavy atom. The Morgan fingerprint density at radius 1 is 0.743 bits per heavy atom. The molecule has 0 fully saturated rings. The predicted octanol–water partition coefficient (Wildman–Crippen LogP) is 4.72. The van der Waals surface area contributed by atoms with E-state index in [-0.39, 0.29) is 6.04 Å². The molecule has 2 unspecified atom stereocenters. The van der Waals surface area contributed by atoms with E-state index < -0.39 is 6.23 Å². The Kier molecular flexibility index (Phi) is 6.05. The van der Waals surface area contributed by atoms with Gasteiger partial charge >= 0.3 is 0 Å². The summed E-state index contributed by atoms with van der Waals surface area (Å²) >= 11 is 0. The second-order valence-electron chi connectivity index (χ2n) is 8.11. The molecular weight excluding hydrogens is 448 g/mol. The van der Waals surface area contributed by atoms with Crippen molar-refractivity contribution in [2.45, 2.75) is 12.3 Å². The maximum absolute atomic E-state index is 6.53. The zero-order chi connectivity index (χ0) is 24.5. The van der Waals surface area contributed by atoms with Gasteiger partial charge in [0.2, 0.25) is 5.75 Å². The monoisotopic (exact) mass is 476 g/mol. The van der Waals surface area contributed by atoms with Gasteiger partial charge in [-0.25, -0.2) is 0 Å². The molecule has 2 atom stereocenters. The molecule has 0 bridgehead atoms. The first-order valence-electron chi connectivity index (χ1n) is 11.2. The van der Waals surface area contributed by atoms with Crippen LogP contribution in [-0.4, -0.2) is 40.6 Å². The van der Waals surface area contributed by atoms with E-state index in [9.17, 15) is 0 Å². The quantitative estimate of drug-likeness (QED) is 0.525. The lowest BCUT2D eigenvalue weighted by atomic mass is 10.00. The highest BCUT2D eigenvalue weighted by Crippen LogP contribution is 2.49. The third kappa shape index (κ3) is 3.95. The number of nitrogens with one attached hydrogen (secondary N) is 1. The van der Waals surface area contributed by atoms with Gasteiger partial charge in [0, 0.05) is 11.1 Å². The van der Waals surface area contributed by atoms with Crippen molar-refractivity contribution in [2.24, 2.45) is 0 Å². The molecular formula is C27H28N2O6. The van der Waals surface area contributed by atoms with Crippen LogP contribution in [0.2, 0.25) is 0 Å². The number of methoxy groups -OCH3 is 5. The van der Waals surface area contributed by atoms with Crippen LogP contribution in [0.4, 0.5) is 0 Å². The third-order valence-corrected chi connectivity index (χ3v) is 6.27. The van der Waals surface area contributed by atoms with Crippen LogP contribution in [-0.2, 0) is 0 Å². The molecule has 0 aromatic heterocycles. The van der Waals surface area contributed by atoms with Crippen molar-refractivity contribution in [2.75, 3.05) is 35.5 Å². The van der Waals surface area contributed by atoms with Crippen molar-refractivity contribution in [3.05, 3.63) is 77.4 Å². The highest BCUT2D eigenvalue weighted by molar-refractivity contribution is 5.68. The molecule has 2 heterocycles. The maximum Gasteiger partial charge on any atom is 0.203 e. The molecule has 2 aliphatic rings. The number of hydrogen-bond acceptors (Lipinski definition) is 8. The zero-order valence-corrected chi connectivity index (χ0v) is 20.3. The normalized spacial score (nSPS) is 18.4. The summed E-state index contributed by atoms with van der Waals surface area (Å²) in [6.07, 6.45) is 1.72. The maximum atomic E-state index is 6.53. The van der Waals surface area contributed by atoms with Gasteiger partial charge in [-0.15, -0.1) is 0 Å². The van der Waals surface area contributed by atoms with E-state index in [4.69, 9.17) is 28.4 Å². The van der Waals surface area contributed by atoms with Crippen LogP contribution in [0.3, 0.4) is 0 Å². The molecule has 3 aromatic carbocycles. The Morgan fingerprint density at radius 3 is 2.00 bits per heavy atom. The van der Waals surface area contributed by atoms with Crippen molar-refractivity contribution in [3.8, 4) is 34.5 Å². The van der Waals surface area contributed by atoms with Gasteiger partial charge in [-0.2, -0.15) is 5.01 Å². The number of benzene rings is 3. The van der Waals surface area contributed by atoms with Crippen LogP contribution < -0.4 is 33.8 Å². The minimum atomic E-state index is -0.471. The Hall–Kier alpha value is -4.04. The number of ether oxygens (including phenoxy) is 6. The lowest BCUT2D eigenvalue weighted by Crippen LogP contribution is -2.43. The molecule has 35 heavy (non-hydrogen) atoms. The average molecular weight is 477 g/mol. The first kappa shape index (κ1) is 22.7. The second-order valence-corrected chi connectivity index (χ2v) is 8.11. The standard InChI is InChI=1S/C27H28N2O6/c1-30-18-8-6-16(7-9-18)21-15-22-20-14-19(31-2)10-11-23(20)35-27(29(22)28-21)17-12-24(32-3)26(34-5)25(13-17)33-4/h6-15,22,27-28H,1-5H3. The molecule has 0 amide bonds. The molecule has 182 valence electrons. The highest BCUT2D eigenvalue weighted by Gasteiger charge is 2.41. The van der Waals surface area contributed by atoms with Gasteiger partial charge in [0.25, 0.3) is 0 Å². The van der Waals surface area contributed by atoms with E-state index in [1.165, 1.54) is 0 Å². The average Bonchev–Trinajstić information content (AvgIpc) is 3.37. The Balaban J connectivity index is 1.60. The summed E-state index contributed by atoms with van der Waals surface area (Å²) in [5, 5.41) is 2.07. The van der Waals surface area contributed by atoms with Crippen LogP contribution in [0.25, 0.3) is 5.70 Å². The van der Waals surface area contributed by atoms with Crippen molar-refractivity contribution >= 4 is 5.70 Å². The van der Waals surface area contributed by atoms with Gasteiger partial charge in [0.15, 0.2) is 17.7 Å². The summed E-state index contributed by atoms with van der Waals surface area (Å²) < 4.78 is 34.0. The molecule has 0 aliphatic carbocycles. The Labute approximate surface area is 204 Å². The third-order valence-electron chi connectivity index (χ3n) is 6.27. The van der Waals surface area contributed by atoms with E-state index in [0.717, 1.165) is 39.6 Å². The lowest BCUT2D eigenvalue weighted by molar-refractivity contribution is -0.0329. The molecule has 3 aromatic rings. The van der Waals surface area contributed by atoms with Crippen molar-refractivity contribution in [1.82, 2.24) is 10.4 Å². The lowest BCUT2D eigenvalue weighted by Gasteiger charge is -2.39. The molecule has 0 spiro atoms. The summed E-state index contributed by atoms with van der Waals surface area (Å²) in [5.74, 6) is 4.00. The number of nitrogens with zero attached hydrogens (tertiary/aromatic N) is 1. The van der Waals surface area contributed by atoms with Crippen LogP contribution in [0, 0.1) is 0 Å². The van der Waals surface area contributed by atoms with Gasteiger partial charge in [0.05, 0.1) is 47.3 Å². The summed E-state index contributed by atoms with van der Waals surface area (Å²) in [7, 11) is 8.11. The summed E-state index contributed by atoms with van der Waals surface area (Å²) in [5.41, 5.74) is 7.41. The summed E-state index contributed by atoms with van der Waals surface area (Å²) in [6.45, 7) is 0. The fourth-order valence-electron chi connectivity index (χ4n) is 4.50. The molecule has 8 nitrogen and oxygen atoms in total. The van der Waals surface area contributed by atoms with Gasteiger partial charge in [0.1, 0.15) is 17.2 Å². The largest absolute Gasteiger partial charge is 0.497 e. The van der Waals surface area contributed by atoms with E-state index in [1.54, 1.807) is 35.5 Å². The molecule has 0 radical (unpaired) electrons. The topological polar surface area (TPSA) is 70.7 Å². The number of rotatable bonds is 7. The fourth-order valence-corrected chi connectivity index (χ4v) is 4.50. The molecule has 0 saturated carbocycles. The first-order valence-corrected chi connectivity index (χ1v) is 11.2. The van der Waals surface area contributed by atoms with Crippen LogP contribution in [0.5, 0.6) is 34.5 Å². The Bertz CT molecular complexity index is 1230. The number of hydrazine groups is 1. The van der Waals surface area contributed by atoms with Crippen LogP contribution >= 0.6 is 0 Å². The highest BCUT2D eigenvalue weighted by atomic mass is 16.5. The SMILES string of the molecule is COc1ccc(C2=CC3c4cc(OC)ccc4OC(c4cc(OC)c(OC)c(OC)c4)N3N2)cc1. The van der Waals surface area contributed by atoms with Gasteiger partial charge in [-0.3, -0.25) is 0 Å². The minimum absolute atomic E-state index is 0.102. The van der Waals surface area contributed by atoms with E-state index in [2.05, 4.69) is 16.5 Å². The zero-order valence-electron chi connectivity index (χ0n) is 20.3. The van der Waals surface area contributed by atoms with Gasteiger partial charge < -0.3 is 33.8 Å². The van der Waals surface area contributed by atoms with Gasteiger partial charge in [-0.1, -0.05) is 0 Å². The second kappa shape index (κ2) is 9.31. The summed E-state index contributed by atoms with van der Waals surface area (Å²) in [6, 6.07) is 17.5. The fraction of sp³-hybridized carbons (Fsp3) is 0.259. The number of fused-ring (bicyclic) bond motifs is 3. The minimum Gasteiger partial charge on any atom is -0.497 e. The molecule has 5 rings (SSSR count). The van der Waals surface area contributed by atoms with Crippen LogP contribution in [0.1, 0.15) is 29.0 Å². The van der Waals surface area contributed by atoms with Crippen molar-refractivity contribution in [3.63, 3.8) is 0 Å². The summed E-state index contributed by atoms with van der Waals surface area (Å²) in [4.78, 5) is 0. The van der Waals surface area contributed by atoms with Crippen molar-refractivity contribution < 1.29 is 28.4 Å². The first-order chi connectivity index (χ1) is 17.1. The number of hydrogen-bond donors (Lipinski definition) is 1. The van der Waals surface area contributed by atoms with E-state index in [1.807, 2.05) is 54.6 Å². The molecule has 8 heteroatoms. The van der Waals surface area contributed by atoms with Crippen molar-refractivity contribution in [1.29, 1.82) is 0 Å². The van der Waals surface area contributed by atoms with E-state index >= 15 is 0 Å².